The van der Waals surface area contributed by atoms with Crippen molar-refractivity contribution in [1.82, 2.24) is 9.97 Å². The van der Waals surface area contributed by atoms with Gasteiger partial charge in [0.1, 0.15) is 27.3 Å². The molecule has 0 spiro atoms. The van der Waals surface area contributed by atoms with Crippen LogP contribution < -0.4 is 10.6 Å². The van der Waals surface area contributed by atoms with Crippen LogP contribution in [0.2, 0.25) is 0 Å². The molecule has 0 radical (unpaired) electrons. The fourth-order valence-corrected chi connectivity index (χ4v) is 2.92. The van der Waals surface area contributed by atoms with Crippen LogP contribution in [0.15, 0.2) is 6.07 Å². The first-order valence-electron chi connectivity index (χ1n) is 6.90. The molecule has 0 saturated heterocycles. The molecule has 0 aliphatic rings. The van der Waals surface area contributed by atoms with Gasteiger partial charge in [0.2, 0.25) is 0 Å². The molecule has 0 aliphatic carbocycles. The molecule has 2 N–H and O–H groups in total. The van der Waals surface area contributed by atoms with Gasteiger partial charge in [-0.15, -0.1) is 0 Å². The standard InChI is InChI=1S/C13H24N4O2S/c1-5-7-11-16-12(14-6-2)8-13(17-11)15-10(3)9-20(4,18)19/h8,10H,5-7,9H2,1-4H3,(H2,14,15,16,17). The van der Waals surface area contributed by atoms with E-state index in [2.05, 4.69) is 27.5 Å². The van der Waals surface area contributed by atoms with Crippen LogP contribution in [0.5, 0.6) is 0 Å². The molecule has 0 amide bonds. The maximum atomic E-state index is 11.3. The summed E-state index contributed by atoms with van der Waals surface area (Å²) < 4.78 is 22.6. The minimum atomic E-state index is -3.01. The summed E-state index contributed by atoms with van der Waals surface area (Å²) in [5, 5.41) is 6.28. The third-order valence-electron chi connectivity index (χ3n) is 2.55. The Morgan fingerprint density at radius 3 is 2.45 bits per heavy atom. The predicted octanol–water partition coefficient (Wildman–Crippen LogP) is 1.71. The summed E-state index contributed by atoms with van der Waals surface area (Å²) in [6.07, 6.45) is 3.00. The van der Waals surface area contributed by atoms with Crippen molar-refractivity contribution in [3.05, 3.63) is 11.9 Å². The Balaban J connectivity index is 2.86. The molecule has 1 unspecified atom stereocenters. The topological polar surface area (TPSA) is 84.0 Å². The number of hydrogen-bond donors (Lipinski definition) is 2. The Morgan fingerprint density at radius 1 is 1.25 bits per heavy atom. The number of anilines is 2. The lowest BCUT2D eigenvalue weighted by molar-refractivity contribution is 0.598. The van der Waals surface area contributed by atoms with Gasteiger partial charge in [0.15, 0.2) is 0 Å². The van der Waals surface area contributed by atoms with E-state index in [1.54, 1.807) is 6.07 Å². The lowest BCUT2D eigenvalue weighted by Crippen LogP contribution is -2.25. The van der Waals surface area contributed by atoms with E-state index >= 15 is 0 Å². The van der Waals surface area contributed by atoms with Gasteiger partial charge in [0.25, 0.3) is 0 Å². The highest BCUT2D eigenvalue weighted by Crippen LogP contribution is 2.13. The van der Waals surface area contributed by atoms with Gasteiger partial charge in [-0.25, -0.2) is 18.4 Å². The molecular formula is C13H24N4O2S. The van der Waals surface area contributed by atoms with E-state index in [1.165, 1.54) is 6.26 Å². The zero-order valence-corrected chi connectivity index (χ0v) is 13.4. The second-order valence-corrected chi connectivity index (χ2v) is 7.16. The van der Waals surface area contributed by atoms with E-state index in [0.717, 1.165) is 31.0 Å². The summed E-state index contributed by atoms with van der Waals surface area (Å²) in [5.41, 5.74) is 0. The van der Waals surface area contributed by atoms with Gasteiger partial charge in [-0.05, 0) is 20.3 Å². The zero-order valence-electron chi connectivity index (χ0n) is 12.6. The van der Waals surface area contributed by atoms with Gasteiger partial charge in [0, 0.05) is 31.3 Å². The van der Waals surface area contributed by atoms with E-state index < -0.39 is 9.84 Å². The highest BCUT2D eigenvalue weighted by atomic mass is 32.2. The minimum absolute atomic E-state index is 0.0800. The summed E-state index contributed by atoms with van der Waals surface area (Å²) in [4.78, 5) is 8.83. The van der Waals surface area contributed by atoms with Crippen LogP contribution in [0.4, 0.5) is 11.6 Å². The molecule has 0 aromatic carbocycles. The number of aryl methyl sites for hydroxylation is 1. The van der Waals surface area contributed by atoms with Crippen molar-refractivity contribution in [1.29, 1.82) is 0 Å². The number of hydrogen-bond acceptors (Lipinski definition) is 6. The van der Waals surface area contributed by atoms with Crippen molar-refractivity contribution < 1.29 is 8.42 Å². The molecule has 0 bridgehead atoms. The SMILES string of the molecule is CCCc1nc(NCC)cc(NC(C)CS(C)(=O)=O)n1. The van der Waals surface area contributed by atoms with Crippen LogP contribution in [0.1, 0.15) is 33.0 Å². The first-order chi connectivity index (χ1) is 9.34. The molecule has 1 heterocycles. The lowest BCUT2D eigenvalue weighted by Gasteiger charge is -2.15. The van der Waals surface area contributed by atoms with E-state index in [4.69, 9.17) is 0 Å². The fourth-order valence-electron chi connectivity index (χ4n) is 1.93. The minimum Gasteiger partial charge on any atom is -0.370 e. The van der Waals surface area contributed by atoms with Crippen molar-refractivity contribution in [2.24, 2.45) is 0 Å². The van der Waals surface area contributed by atoms with Crippen LogP contribution in [-0.4, -0.2) is 43.0 Å². The molecule has 1 rings (SSSR count). The van der Waals surface area contributed by atoms with E-state index in [1.807, 2.05) is 13.8 Å². The summed E-state index contributed by atoms with van der Waals surface area (Å²) in [6.45, 7) is 6.68. The Kier molecular flexibility index (Phi) is 6.19. The number of nitrogens with zero attached hydrogens (tertiary/aromatic N) is 2. The van der Waals surface area contributed by atoms with Gasteiger partial charge in [-0.1, -0.05) is 6.92 Å². The van der Waals surface area contributed by atoms with Gasteiger partial charge < -0.3 is 10.6 Å². The Labute approximate surface area is 121 Å². The van der Waals surface area contributed by atoms with Crippen LogP contribution >= 0.6 is 0 Å². The number of sulfone groups is 1. The van der Waals surface area contributed by atoms with Gasteiger partial charge >= 0.3 is 0 Å². The summed E-state index contributed by atoms with van der Waals surface area (Å²) in [6, 6.07) is 1.62. The maximum absolute atomic E-state index is 11.3. The quantitative estimate of drug-likeness (QED) is 0.760. The van der Waals surface area contributed by atoms with Crippen molar-refractivity contribution >= 4 is 21.5 Å². The molecule has 1 aromatic rings. The largest absolute Gasteiger partial charge is 0.370 e. The van der Waals surface area contributed by atoms with E-state index in [0.29, 0.717) is 5.82 Å². The highest BCUT2D eigenvalue weighted by Gasteiger charge is 2.12. The first-order valence-corrected chi connectivity index (χ1v) is 8.96. The van der Waals surface area contributed by atoms with Gasteiger partial charge in [-0.2, -0.15) is 0 Å². The lowest BCUT2D eigenvalue weighted by atomic mass is 10.3. The van der Waals surface area contributed by atoms with Crippen LogP contribution in [0.3, 0.4) is 0 Å². The van der Waals surface area contributed by atoms with Gasteiger partial charge in [0.05, 0.1) is 5.75 Å². The number of nitrogens with one attached hydrogen (secondary N) is 2. The summed E-state index contributed by atoms with van der Waals surface area (Å²) in [5.74, 6) is 2.27. The smallest absolute Gasteiger partial charge is 0.149 e. The molecule has 7 heteroatoms. The second-order valence-electron chi connectivity index (χ2n) is 4.97. The Bertz CT molecular complexity index is 507. The Morgan fingerprint density at radius 2 is 1.90 bits per heavy atom. The summed E-state index contributed by atoms with van der Waals surface area (Å²) in [7, 11) is -3.01. The summed E-state index contributed by atoms with van der Waals surface area (Å²) >= 11 is 0. The third-order valence-corrected chi connectivity index (χ3v) is 3.66. The van der Waals surface area contributed by atoms with Crippen molar-refractivity contribution in [3.8, 4) is 0 Å². The van der Waals surface area contributed by atoms with Crippen molar-refractivity contribution in [3.63, 3.8) is 0 Å². The average molecular weight is 300 g/mol. The molecule has 0 fully saturated rings. The Hall–Kier alpha value is -1.37. The van der Waals surface area contributed by atoms with E-state index in [-0.39, 0.29) is 11.8 Å². The molecule has 6 nitrogen and oxygen atoms in total. The normalized spacial score (nSPS) is 13.0. The molecule has 1 atom stereocenters. The maximum Gasteiger partial charge on any atom is 0.149 e. The molecule has 20 heavy (non-hydrogen) atoms. The average Bonchev–Trinajstić information content (AvgIpc) is 2.26. The molecule has 0 saturated carbocycles. The highest BCUT2D eigenvalue weighted by molar-refractivity contribution is 7.90. The number of aromatic nitrogens is 2. The van der Waals surface area contributed by atoms with Crippen LogP contribution in [0.25, 0.3) is 0 Å². The molecular weight excluding hydrogens is 276 g/mol. The van der Waals surface area contributed by atoms with Crippen LogP contribution in [-0.2, 0) is 16.3 Å². The molecule has 0 aliphatic heterocycles. The fraction of sp³-hybridized carbons (Fsp3) is 0.692. The molecule has 114 valence electrons. The second kappa shape index (κ2) is 7.42. The van der Waals surface area contributed by atoms with E-state index in [9.17, 15) is 8.42 Å². The van der Waals surface area contributed by atoms with Gasteiger partial charge in [-0.3, -0.25) is 0 Å². The number of rotatable bonds is 8. The zero-order chi connectivity index (χ0) is 15.2. The first kappa shape index (κ1) is 16.7. The molecule has 1 aromatic heterocycles. The van der Waals surface area contributed by atoms with Crippen LogP contribution in [0, 0.1) is 0 Å². The monoisotopic (exact) mass is 300 g/mol. The van der Waals surface area contributed by atoms with Crippen molar-refractivity contribution in [2.75, 3.05) is 29.2 Å². The third kappa shape index (κ3) is 6.18. The van der Waals surface area contributed by atoms with Crippen molar-refractivity contribution in [2.45, 2.75) is 39.7 Å². The predicted molar refractivity (Wildman–Crippen MR) is 83.0 cm³/mol.